The number of piperazine rings is 1. The number of aryl methyl sites for hydroxylation is 2. The molecule has 22 heavy (non-hydrogen) atoms. The lowest BCUT2D eigenvalue weighted by atomic mass is 10.2. The quantitative estimate of drug-likeness (QED) is 0.943. The molecule has 0 bridgehead atoms. The molecule has 0 saturated carbocycles. The Bertz CT molecular complexity index is 610. The average Bonchev–Trinajstić information content (AvgIpc) is 2.48. The van der Waals surface area contributed by atoms with Crippen LogP contribution in [0.15, 0.2) is 30.3 Å². The van der Waals surface area contributed by atoms with Gasteiger partial charge in [-0.25, -0.2) is 9.97 Å². The van der Waals surface area contributed by atoms with Crippen LogP contribution < -0.4 is 10.2 Å². The first kappa shape index (κ1) is 14.8. The van der Waals surface area contributed by atoms with Crippen molar-refractivity contribution in [2.75, 3.05) is 43.4 Å². The van der Waals surface area contributed by atoms with Crippen molar-refractivity contribution < 1.29 is 0 Å². The number of likely N-dealkylation sites (N-methyl/N-ethyl adjacent to an activating group) is 1. The van der Waals surface area contributed by atoms with Crippen LogP contribution in [0.1, 0.15) is 11.4 Å². The summed E-state index contributed by atoms with van der Waals surface area (Å²) in [5.41, 5.74) is 4.25. The van der Waals surface area contributed by atoms with Crippen LogP contribution in [0.2, 0.25) is 0 Å². The van der Waals surface area contributed by atoms with E-state index in [0.29, 0.717) is 5.95 Å². The predicted octanol–water partition coefficient (Wildman–Crippen LogP) is 2.59. The van der Waals surface area contributed by atoms with Crippen LogP contribution in [0.4, 0.5) is 17.3 Å². The van der Waals surface area contributed by atoms with Gasteiger partial charge in [0.15, 0.2) is 0 Å². The van der Waals surface area contributed by atoms with Crippen molar-refractivity contribution in [3.05, 3.63) is 41.7 Å². The van der Waals surface area contributed by atoms with E-state index in [0.717, 1.165) is 43.3 Å². The molecule has 116 valence electrons. The maximum atomic E-state index is 4.41. The highest BCUT2D eigenvalue weighted by Gasteiger charge is 2.13. The summed E-state index contributed by atoms with van der Waals surface area (Å²) >= 11 is 0. The maximum absolute atomic E-state index is 4.41. The monoisotopic (exact) mass is 297 g/mol. The molecule has 1 N–H and O–H groups in total. The molecule has 0 spiro atoms. The van der Waals surface area contributed by atoms with E-state index in [-0.39, 0.29) is 0 Å². The fourth-order valence-electron chi connectivity index (χ4n) is 2.73. The number of anilines is 3. The third kappa shape index (κ3) is 3.54. The zero-order valence-corrected chi connectivity index (χ0v) is 13.5. The second-order valence-corrected chi connectivity index (χ2v) is 5.94. The van der Waals surface area contributed by atoms with Gasteiger partial charge in [-0.2, -0.15) is 0 Å². The van der Waals surface area contributed by atoms with Gasteiger partial charge in [0.25, 0.3) is 0 Å². The molecule has 2 aromatic rings. The van der Waals surface area contributed by atoms with Crippen LogP contribution in [-0.2, 0) is 0 Å². The highest BCUT2D eigenvalue weighted by Crippen LogP contribution is 2.21. The van der Waals surface area contributed by atoms with Gasteiger partial charge >= 0.3 is 0 Å². The SMILES string of the molecule is Cc1cc(C)nc(Nc2ccc(N3CCN(C)CC3)cc2)n1. The Kier molecular flexibility index (Phi) is 4.24. The smallest absolute Gasteiger partial charge is 0.227 e. The number of benzene rings is 1. The highest BCUT2D eigenvalue weighted by molar-refractivity contribution is 5.59. The number of hydrogen-bond donors (Lipinski definition) is 1. The van der Waals surface area contributed by atoms with Crippen molar-refractivity contribution in [1.82, 2.24) is 14.9 Å². The normalized spacial score (nSPS) is 15.9. The lowest BCUT2D eigenvalue weighted by Gasteiger charge is -2.34. The van der Waals surface area contributed by atoms with E-state index >= 15 is 0 Å². The summed E-state index contributed by atoms with van der Waals surface area (Å²) < 4.78 is 0. The maximum Gasteiger partial charge on any atom is 0.227 e. The molecule has 0 amide bonds. The molecule has 0 unspecified atom stereocenters. The molecular weight excluding hydrogens is 274 g/mol. The molecule has 0 aliphatic carbocycles. The van der Waals surface area contributed by atoms with E-state index in [4.69, 9.17) is 0 Å². The second-order valence-electron chi connectivity index (χ2n) is 5.94. The predicted molar refractivity (Wildman–Crippen MR) is 90.9 cm³/mol. The molecule has 1 aliphatic rings. The van der Waals surface area contributed by atoms with E-state index in [1.54, 1.807) is 0 Å². The number of nitrogens with zero attached hydrogens (tertiary/aromatic N) is 4. The summed E-state index contributed by atoms with van der Waals surface area (Å²) in [5.74, 6) is 0.657. The zero-order valence-electron chi connectivity index (χ0n) is 13.5. The van der Waals surface area contributed by atoms with Crippen LogP contribution in [-0.4, -0.2) is 48.1 Å². The van der Waals surface area contributed by atoms with Crippen LogP contribution >= 0.6 is 0 Å². The van der Waals surface area contributed by atoms with Crippen molar-refractivity contribution in [2.45, 2.75) is 13.8 Å². The minimum absolute atomic E-state index is 0.657. The third-order valence-corrected chi connectivity index (χ3v) is 3.97. The zero-order chi connectivity index (χ0) is 15.5. The lowest BCUT2D eigenvalue weighted by Crippen LogP contribution is -2.44. The largest absolute Gasteiger partial charge is 0.369 e. The molecule has 5 nitrogen and oxygen atoms in total. The molecule has 5 heteroatoms. The molecule has 3 rings (SSSR count). The molecule has 1 aromatic carbocycles. The first-order chi connectivity index (χ1) is 10.6. The minimum Gasteiger partial charge on any atom is -0.369 e. The number of rotatable bonds is 3. The summed E-state index contributed by atoms with van der Waals surface area (Å²) in [6.45, 7) is 8.38. The number of aromatic nitrogens is 2. The Morgan fingerprint density at radius 3 is 2.09 bits per heavy atom. The molecular formula is C17H23N5. The van der Waals surface area contributed by atoms with Crippen LogP contribution in [0.3, 0.4) is 0 Å². The van der Waals surface area contributed by atoms with Crippen molar-refractivity contribution in [2.24, 2.45) is 0 Å². The lowest BCUT2D eigenvalue weighted by molar-refractivity contribution is 0.313. The van der Waals surface area contributed by atoms with Crippen molar-refractivity contribution in [3.8, 4) is 0 Å². The van der Waals surface area contributed by atoms with Crippen molar-refractivity contribution in [3.63, 3.8) is 0 Å². The summed E-state index contributed by atoms with van der Waals surface area (Å²) in [6.07, 6.45) is 0. The molecule has 1 aliphatic heterocycles. The fourth-order valence-corrected chi connectivity index (χ4v) is 2.73. The Hall–Kier alpha value is -2.14. The Morgan fingerprint density at radius 1 is 0.909 bits per heavy atom. The van der Waals surface area contributed by atoms with E-state index in [1.807, 2.05) is 19.9 Å². The van der Waals surface area contributed by atoms with Gasteiger partial charge in [-0.15, -0.1) is 0 Å². The van der Waals surface area contributed by atoms with Crippen LogP contribution in [0.25, 0.3) is 0 Å². The summed E-state index contributed by atoms with van der Waals surface area (Å²) in [6, 6.07) is 10.5. The van der Waals surface area contributed by atoms with Gasteiger partial charge < -0.3 is 15.1 Å². The first-order valence-corrected chi connectivity index (χ1v) is 7.73. The van der Waals surface area contributed by atoms with Gasteiger partial charge in [0.1, 0.15) is 0 Å². The first-order valence-electron chi connectivity index (χ1n) is 7.73. The Balaban J connectivity index is 1.69. The highest BCUT2D eigenvalue weighted by atomic mass is 15.2. The minimum atomic E-state index is 0.657. The Morgan fingerprint density at radius 2 is 1.50 bits per heavy atom. The summed E-state index contributed by atoms with van der Waals surface area (Å²) in [4.78, 5) is 13.6. The molecule has 1 saturated heterocycles. The second kappa shape index (κ2) is 6.32. The Labute approximate surface area is 132 Å². The molecule has 2 heterocycles. The average molecular weight is 297 g/mol. The molecule has 1 aromatic heterocycles. The van der Waals surface area contributed by atoms with E-state index in [1.165, 1.54) is 5.69 Å². The standard InChI is InChI=1S/C17H23N5/c1-13-12-14(2)19-17(18-13)20-15-4-6-16(7-5-15)22-10-8-21(3)9-11-22/h4-7,12H,8-11H2,1-3H3,(H,18,19,20). The van der Waals surface area contributed by atoms with Gasteiger partial charge in [0, 0.05) is 48.9 Å². The van der Waals surface area contributed by atoms with Crippen LogP contribution in [0, 0.1) is 13.8 Å². The van der Waals surface area contributed by atoms with Crippen LogP contribution in [0.5, 0.6) is 0 Å². The summed E-state index contributed by atoms with van der Waals surface area (Å²) in [7, 11) is 2.17. The van der Waals surface area contributed by atoms with Gasteiger partial charge in [0.2, 0.25) is 5.95 Å². The topological polar surface area (TPSA) is 44.3 Å². The van der Waals surface area contributed by atoms with E-state index < -0.39 is 0 Å². The van der Waals surface area contributed by atoms with Crippen molar-refractivity contribution >= 4 is 17.3 Å². The van der Waals surface area contributed by atoms with Gasteiger partial charge in [-0.05, 0) is 51.2 Å². The summed E-state index contributed by atoms with van der Waals surface area (Å²) in [5, 5.41) is 3.27. The number of hydrogen-bond acceptors (Lipinski definition) is 5. The molecule has 1 fully saturated rings. The van der Waals surface area contributed by atoms with Gasteiger partial charge in [0.05, 0.1) is 0 Å². The molecule has 0 atom stereocenters. The number of nitrogens with one attached hydrogen (secondary N) is 1. The van der Waals surface area contributed by atoms with Crippen molar-refractivity contribution in [1.29, 1.82) is 0 Å². The van der Waals surface area contributed by atoms with Gasteiger partial charge in [-0.1, -0.05) is 0 Å². The van der Waals surface area contributed by atoms with E-state index in [2.05, 4.69) is 56.4 Å². The van der Waals surface area contributed by atoms with E-state index in [9.17, 15) is 0 Å². The fraction of sp³-hybridized carbons (Fsp3) is 0.412. The molecule has 0 radical (unpaired) electrons. The van der Waals surface area contributed by atoms with Gasteiger partial charge in [-0.3, -0.25) is 0 Å². The third-order valence-electron chi connectivity index (χ3n) is 3.97.